The van der Waals surface area contributed by atoms with Crippen LogP contribution in [0.4, 0.5) is 0 Å². The van der Waals surface area contributed by atoms with E-state index in [1.165, 1.54) is 19.3 Å². The molecule has 1 aliphatic carbocycles. The highest BCUT2D eigenvalue weighted by atomic mass is 16.5. The first-order valence-electron chi connectivity index (χ1n) is 9.28. The van der Waals surface area contributed by atoms with Gasteiger partial charge in [0, 0.05) is 6.04 Å². The van der Waals surface area contributed by atoms with E-state index in [1.54, 1.807) is 0 Å². The van der Waals surface area contributed by atoms with Crippen LogP contribution in [0.15, 0.2) is 42.1 Å². The molecular formula is C21H28N2O2. The third-order valence-corrected chi connectivity index (χ3v) is 4.95. The van der Waals surface area contributed by atoms with Crippen molar-refractivity contribution in [2.45, 2.75) is 58.0 Å². The van der Waals surface area contributed by atoms with Crippen molar-refractivity contribution in [1.29, 1.82) is 0 Å². The minimum atomic E-state index is -0.00618. The Morgan fingerprint density at radius 2 is 1.92 bits per heavy atom. The van der Waals surface area contributed by atoms with Crippen molar-refractivity contribution in [3.8, 4) is 5.75 Å². The fourth-order valence-electron chi connectivity index (χ4n) is 3.53. The molecule has 1 unspecified atom stereocenters. The second-order valence-corrected chi connectivity index (χ2v) is 7.06. The van der Waals surface area contributed by atoms with Crippen LogP contribution in [0.3, 0.4) is 0 Å². The molecule has 1 aliphatic heterocycles. The Kier molecular flexibility index (Phi) is 5.79. The van der Waals surface area contributed by atoms with E-state index in [1.807, 2.05) is 24.3 Å². The molecule has 2 aliphatic rings. The molecule has 1 heterocycles. The Morgan fingerprint density at radius 1 is 1.20 bits per heavy atom. The molecule has 1 aromatic rings. The lowest BCUT2D eigenvalue weighted by Gasteiger charge is -2.26. The van der Waals surface area contributed by atoms with E-state index in [9.17, 15) is 4.79 Å². The average molecular weight is 340 g/mol. The SMILES string of the molecule is Cc1cccc(C)c1OCC1C=CC=C(C(=O)NC2CCCCC2)N1. The maximum Gasteiger partial charge on any atom is 0.267 e. The highest BCUT2D eigenvalue weighted by Crippen LogP contribution is 2.23. The lowest BCUT2D eigenvalue weighted by atomic mass is 9.95. The van der Waals surface area contributed by atoms with Gasteiger partial charge in [-0.2, -0.15) is 0 Å². The van der Waals surface area contributed by atoms with Gasteiger partial charge >= 0.3 is 0 Å². The van der Waals surface area contributed by atoms with E-state index in [0.717, 1.165) is 29.7 Å². The molecular weight excluding hydrogens is 312 g/mol. The number of aryl methyl sites for hydroxylation is 2. The number of hydrogen-bond donors (Lipinski definition) is 2. The van der Waals surface area contributed by atoms with Crippen LogP contribution >= 0.6 is 0 Å². The number of allylic oxidation sites excluding steroid dienone is 2. The number of carbonyl (C=O) groups is 1. The van der Waals surface area contributed by atoms with Gasteiger partial charge in [-0.3, -0.25) is 4.79 Å². The Labute approximate surface area is 150 Å². The van der Waals surface area contributed by atoms with Gasteiger partial charge in [-0.15, -0.1) is 0 Å². The van der Waals surface area contributed by atoms with Crippen LogP contribution in [0.1, 0.15) is 43.2 Å². The van der Waals surface area contributed by atoms with Crippen LogP contribution in [0.25, 0.3) is 0 Å². The summed E-state index contributed by atoms with van der Waals surface area (Å²) in [5, 5.41) is 6.45. The largest absolute Gasteiger partial charge is 0.491 e. The molecule has 134 valence electrons. The summed E-state index contributed by atoms with van der Waals surface area (Å²) in [6.07, 6.45) is 11.7. The Morgan fingerprint density at radius 3 is 2.64 bits per heavy atom. The van der Waals surface area contributed by atoms with E-state index >= 15 is 0 Å². The first kappa shape index (κ1) is 17.6. The first-order valence-corrected chi connectivity index (χ1v) is 9.28. The van der Waals surface area contributed by atoms with Crippen LogP contribution in [0.2, 0.25) is 0 Å². The van der Waals surface area contributed by atoms with Crippen molar-refractivity contribution in [3.05, 3.63) is 53.3 Å². The molecule has 4 nitrogen and oxygen atoms in total. The number of dihydropyridines is 1. The normalized spacial score (nSPS) is 20.6. The quantitative estimate of drug-likeness (QED) is 0.862. The Bertz CT molecular complexity index is 652. The molecule has 4 heteroatoms. The number of benzene rings is 1. The molecule has 0 saturated heterocycles. The van der Waals surface area contributed by atoms with Gasteiger partial charge in [-0.1, -0.05) is 49.6 Å². The standard InChI is InChI=1S/C21H28N2O2/c1-15-8-6-9-16(2)20(15)25-14-18-12-7-13-19(22-18)21(24)23-17-10-4-3-5-11-17/h6-9,12-13,17-18,22H,3-5,10-11,14H2,1-2H3,(H,23,24). The molecule has 0 spiro atoms. The van der Waals surface area contributed by atoms with Gasteiger partial charge in [-0.05, 0) is 43.9 Å². The van der Waals surface area contributed by atoms with Crippen molar-refractivity contribution < 1.29 is 9.53 Å². The topological polar surface area (TPSA) is 50.4 Å². The van der Waals surface area contributed by atoms with Gasteiger partial charge in [-0.25, -0.2) is 0 Å². The summed E-state index contributed by atoms with van der Waals surface area (Å²) in [6, 6.07) is 6.45. The zero-order valence-corrected chi connectivity index (χ0v) is 15.2. The summed E-state index contributed by atoms with van der Waals surface area (Å²) < 4.78 is 6.01. The van der Waals surface area contributed by atoms with Gasteiger partial charge in [0.2, 0.25) is 0 Å². The zero-order valence-electron chi connectivity index (χ0n) is 15.2. The van der Waals surface area contributed by atoms with Gasteiger partial charge in [0.05, 0.1) is 6.04 Å². The molecule has 1 aromatic carbocycles. The second kappa shape index (κ2) is 8.24. The lowest BCUT2D eigenvalue weighted by molar-refractivity contribution is -0.118. The number of ether oxygens (including phenoxy) is 1. The fourth-order valence-corrected chi connectivity index (χ4v) is 3.53. The van der Waals surface area contributed by atoms with Gasteiger partial charge in [0.1, 0.15) is 18.1 Å². The molecule has 1 amide bonds. The molecule has 0 bridgehead atoms. The number of amides is 1. The maximum atomic E-state index is 12.5. The predicted octanol–water partition coefficient (Wildman–Crippen LogP) is 3.54. The average Bonchev–Trinajstić information content (AvgIpc) is 2.62. The molecule has 1 saturated carbocycles. The third-order valence-electron chi connectivity index (χ3n) is 4.95. The van der Waals surface area contributed by atoms with Crippen molar-refractivity contribution in [3.63, 3.8) is 0 Å². The monoisotopic (exact) mass is 340 g/mol. The van der Waals surface area contributed by atoms with Crippen molar-refractivity contribution >= 4 is 5.91 Å². The molecule has 1 fully saturated rings. The smallest absolute Gasteiger partial charge is 0.267 e. The molecule has 0 radical (unpaired) electrons. The third kappa shape index (κ3) is 4.65. The Balaban J connectivity index is 1.53. The lowest BCUT2D eigenvalue weighted by Crippen LogP contribution is -2.44. The first-order chi connectivity index (χ1) is 12.1. The van der Waals surface area contributed by atoms with Crippen LogP contribution in [0.5, 0.6) is 5.75 Å². The van der Waals surface area contributed by atoms with Gasteiger partial charge in [0.15, 0.2) is 0 Å². The zero-order chi connectivity index (χ0) is 17.6. The molecule has 25 heavy (non-hydrogen) atoms. The van der Waals surface area contributed by atoms with Gasteiger partial charge in [0.25, 0.3) is 5.91 Å². The summed E-state index contributed by atoms with van der Waals surface area (Å²) in [5.74, 6) is 0.925. The van der Waals surface area contributed by atoms with Gasteiger partial charge < -0.3 is 15.4 Å². The summed E-state index contributed by atoms with van der Waals surface area (Å²) in [4.78, 5) is 12.5. The minimum Gasteiger partial charge on any atom is -0.491 e. The van der Waals surface area contributed by atoms with Crippen molar-refractivity contribution in [2.24, 2.45) is 0 Å². The summed E-state index contributed by atoms with van der Waals surface area (Å²) in [5.41, 5.74) is 2.89. The van der Waals surface area contributed by atoms with Crippen LogP contribution in [-0.2, 0) is 4.79 Å². The minimum absolute atomic E-state index is 0.00360. The van der Waals surface area contributed by atoms with Crippen LogP contribution in [0, 0.1) is 13.8 Å². The van der Waals surface area contributed by atoms with Crippen molar-refractivity contribution in [1.82, 2.24) is 10.6 Å². The van der Waals surface area contributed by atoms with Crippen molar-refractivity contribution in [2.75, 3.05) is 6.61 Å². The van der Waals surface area contributed by atoms with E-state index in [2.05, 4.69) is 36.6 Å². The van der Waals surface area contributed by atoms with E-state index in [4.69, 9.17) is 4.74 Å². The molecule has 2 N–H and O–H groups in total. The second-order valence-electron chi connectivity index (χ2n) is 7.06. The number of rotatable bonds is 5. The summed E-state index contributed by atoms with van der Waals surface area (Å²) in [7, 11) is 0. The fraction of sp³-hybridized carbons (Fsp3) is 0.476. The molecule has 0 aromatic heterocycles. The number of carbonyl (C=O) groups excluding carboxylic acids is 1. The van der Waals surface area contributed by atoms with E-state index in [-0.39, 0.29) is 11.9 Å². The predicted molar refractivity (Wildman–Crippen MR) is 101 cm³/mol. The maximum absolute atomic E-state index is 12.5. The highest BCUT2D eigenvalue weighted by molar-refractivity contribution is 5.93. The molecule has 3 rings (SSSR count). The summed E-state index contributed by atoms with van der Waals surface area (Å²) >= 11 is 0. The highest BCUT2D eigenvalue weighted by Gasteiger charge is 2.21. The molecule has 1 atom stereocenters. The van der Waals surface area contributed by atoms with Crippen LogP contribution in [-0.4, -0.2) is 24.6 Å². The number of para-hydroxylation sites is 1. The van der Waals surface area contributed by atoms with Crippen LogP contribution < -0.4 is 15.4 Å². The van der Waals surface area contributed by atoms with E-state index < -0.39 is 0 Å². The Hall–Kier alpha value is -2.23. The summed E-state index contributed by atoms with van der Waals surface area (Å²) in [6.45, 7) is 4.60. The van der Waals surface area contributed by atoms with E-state index in [0.29, 0.717) is 18.3 Å². The number of nitrogens with one attached hydrogen (secondary N) is 2. The number of hydrogen-bond acceptors (Lipinski definition) is 3.